The summed E-state index contributed by atoms with van der Waals surface area (Å²) in [5, 5.41) is 11.6. The third-order valence-electron chi connectivity index (χ3n) is 8.71. The van der Waals surface area contributed by atoms with Gasteiger partial charge < -0.3 is 19.3 Å². The summed E-state index contributed by atoms with van der Waals surface area (Å²) in [6, 6.07) is 25.2. The van der Waals surface area contributed by atoms with E-state index >= 15 is 0 Å². The number of aromatic nitrogens is 6. The van der Waals surface area contributed by atoms with Crippen LogP contribution in [0.15, 0.2) is 97.5 Å². The molecule has 5 heterocycles. The Morgan fingerprint density at radius 2 is 1.42 bits per heavy atom. The predicted molar refractivity (Wildman–Crippen MR) is 193 cm³/mol. The highest BCUT2D eigenvalue weighted by Gasteiger charge is 2.38. The number of sulfonamides is 1. The predicted octanol–water partition coefficient (Wildman–Crippen LogP) is 7.11. The van der Waals surface area contributed by atoms with Crippen LogP contribution in [0.4, 0.5) is 0 Å². The summed E-state index contributed by atoms with van der Waals surface area (Å²) in [6.07, 6.45) is 7.10. The van der Waals surface area contributed by atoms with Crippen LogP contribution in [0.2, 0.25) is 0 Å². The van der Waals surface area contributed by atoms with Crippen LogP contribution in [0.25, 0.3) is 11.0 Å². The minimum absolute atomic E-state index is 0. The molecule has 2 atom stereocenters. The van der Waals surface area contributed by atoms with Crippen molar-refractivity contribution in [3.8, 4) is 0 Å². The van der Waals surface area contributed by atoms with E-state index in [1.807, 2.05) is 60.7 Å². The standard InChI is InChI=1S/C21H20BrN5O3S.C14H17N3O.ClH/c22-15-9-10-16-17(13-15)24-21(23-16)31(28,29)27-11-5-4-8-18(27)20-25-19(30-26-20)12-14-6-2-1-3-7-14;1-2-6-11(7-3-1)10-13-16-14(17-18-13)12-8-4-5-9-15-12;/h1-3,6-7,9-10,13,18H,4-5,8,11-12H2,(H,23,24);1-3,6-7,12,15H,4-5,8-10H2;1H/t18-;12-;/m00./s1. The van der Waals surface area contributed by atoms with E-state index in [1.165, 1.54) is 22.7 Å². The number of nitrogens with zero attached hydrogens (tertiary/aromatic N) is 6. The van der Waals surface area contributed by atoms with Crippen LogP contribution in [0.3, 0.4) is 0 Å². The molecule has 262 valence electrons. The van der Waals surface area contributed by atoms with E-state index in [9.17, 15) is 8.42 Å². The Morgan fingerprint density at radius 3 is 2.08 bits per heavy atom. The third kappa shape index (κ3) is 8.49. The first-order chi connectivity index (χ1) is 23.9. The van der Waals surface area contributed by atoms with E-state index < -0.39 is 16.1 Å². The molecular formula is C35H38BrClN8O4S. The minimum Gasteiger partial charge on any atom is -0.339 e. The zero-order valence-corrected chi connectivity index (χ0v) is 30.5. The van der Waals surface area contributed by atoms with Gasteiger partial charge in [0.15, 0.2) is 11.6 Å². The highest BCUT2D eigenvalue weighted by molar-refractivity contribution is 9.10. The Hall–Kier alpha value is -3.95. The molecule has 50 heavy (non-hydrogen) atoms. The maximum absolute atomic E-state index is 13.5. The van der Waals surface area contributed by atoms with Crippen molar-refractivity contribution in [2.75, 3.05) is 13.1 Å². The van der Waals surface area contributed by atoms with E-state index in [4.69, 9.17) is 9.05 Å². The van der Waals surface area contributed by atoms with Gasteiger partial charge in [0, 0.05) is 11.0 Å². The molecule has 0 saturated carbocycles. The molecular weight excluding hydrogens is 744 g/mol. The minimum atomic E-state index is -3.85. The molecule has 3 aromatic carbocycles. The van der Waals surface area contributed by atoms with Crippen molar-refractivity contribution < 1.29 is 17.5 Å². The lowest BCUT2D eigenvalue weighted by atomic mass is 10.0. The Kier molecular flexibility index (Phi) is 11.7. The lowest BCUT2D eigenvalue weighted by molar-refractivity contribution is 0.239. The molecule has 0 radical (unpaired) electrons. The molecule has 3 aromatic heterocycles. The molecule has 0 spiro atoms. The molecule has 2 saturated heterocycles. The highest BCUT2D eigenvalue weighted by atomic mass is 79.9. The molecule has 2 aliphatic heterocycles. The quantitative estimate of drug-likeness (QED) is 0.163. The van der Waals surface area contributed by atoms with Gasteiger partial charge in [0.05, 0.1) is 36.0 Å². The molecule has 0 aliphatic carbocycles. The first-order valence-electron chi connectivity index (χ1n) is 16.6. The topological polar surface area (TPSA) is 156 Å². The fourth-order valence-electron chi connectivity index (χ4n) is 6.21. The molecule has 15 heteroatoms. The van der Waals surface area contributed by atoms with Gasteiger partial charge in [0.25, 0.3) is 10.0 Å². The van der Waals surface area contributed by atoms with Gasteiger partial charge in [-0.15, -0.1) is 12.4 Å². The van der Waals surface area contributed by atoms with Gasteiger partial charge in [-0.2, -0.15) is 14.3 Å². The Morgan fingerprint density at radius 1 is 0.780 bits per heavy atom. The van der Waals surface area contributed by atoms with Crippen LogP contribution >= 0.6 is 28.3 Å². The number of rotatable bonds is 8. The third-order valence-corrected chi connectivity index (χ3v) is 10.9. The smallest absolute Gasteiger partial charge is 0.277 e. The SMILES string of the molecule is Cl.O=S(=O)(c1nc2ccc(Br)cc2[nH]1)N1CCCC[C@H]1c1noc(Cc2ccccc2)n1.c1ccc(Cc2nc([C@@H]3CCCCN3)no2)cc1. The number of hydrogen-bond acceptors (Lipinski definition) is 10. The van der Waals surface area contributed by atoms with Gasteiger partial charge >= 0.3 is 0 Å². The van der Waals surface area contributed by atoms with E-state index in [-0.39, 0.29) is 23.6 Å². The van der Waals surface area contributed by atoms with Crippen LogP contribution < -0.4 is 5.32 Å². The molecule has 0 unspecified atom stereocenters. The van der Waals surface area contributed by atoms with Crippen molar-refractivity contribution in [1.29, 1.82) is 0 Å². The molecule has 0 bridgehead atoms. The summed E-state index contributed by atoms with van der Waals surface area (Å²) in [7, 11) is -3.85. The number of benzene rings is 3. The molecule has 2 aliphatic rings. The lowest BCUT2D eigenvalue weighted by Gasteiger charge is -2.31. The summed E-state index contributed by atoms with van der Waals surface area (Å²) >= 11 is 3.40. The molecule has 12 nitrogen and oxygen atoms in total. The van der Waals surface area contributed by atoms with Crippen LogP contribution in [-0.4, -0.2) is 56.1 Å². The van der Waals surface area contributed by atoms with Gasteiger partial charge in [-0.3, -0.25) is 0 Å². The maximum Gasteiger partial charge on any atom is 0.277 e. The second kappa shape index (κ2) is 16.4. The number of fused-ring (bicyclic) bond motifs is 1. The van der Waals surface area contributed by atoms with Gasteiger partial charge in [0.2, 0.25) is 16.9 Å². The Bertz CT molecular complexity index is 2090. The highest BCUT2D eigenvalue weighted by Crippen LogP contribution is 2.34. The number of hydrogen-bond donors (Lipinski definition) is 2. The lowest BCUT2D eigenvalue weighted by Crippen LogP contribution is -2.39. The summed E-state index contributed by atoms with van der Waals surface area (Å²) in [6.45, 7) is 1.43. The first-order valence-corrected chi connectivity index (χ1v) is 18.8. The number of imidazole rings is 1. The summed E-state index contributed by atoms with van der Waals surface area (Å²) in [5.74, 6) is 2.37. The zero-order valence-electron chi connectivity index (χ0n) is 27.2. The van der Waals surface area contributed by atoms with E-state index in [0.717, 1.165) is 41.7 Å². The normalized spacial score (nSPS) is 18.3. The van der Waals surface area contributed by atoms with E-state index in [2.05, 4.69) is 63.6 Å². The average molecular weight is 782 g/mol. The zero-order chi connectivity index (χ0) is 33.6. The fraction of sp³-hybridized carbons (Fsp3) is 0.343. The number of halogens is 2. The van der Waals surface area contributed by atoms with E-state index in [1.54, 1.807) is 6.07 Å². The average Bonchev–Trinajstić information content (AvgIpc) is 3.91. The van der Waals surface area contributed by atoms with Crippen molar-refractivity contribution in [3.05, 3.63) is 118 Å². The number of nitrogens with one attached hydrogen (secondary N) is 2. The second-order valence-corrected chi connectivity index (χ2v) is 15.0. The van der Waals surface area contributed by atoms with Crippen molar-refractivity contribution >= 4 is 49.4 Å². The monoisotopic (exact) mass is 780 g/mol. The van der Waals surface area contributed by atoms with Crippen LogP contribution in [-0.2, 0) is 22.9 Å². The molecule has 2 N–H and O–H groups in total. The van der Waals surface area contributed by atoms with E-state index in [0.29, 0.717) is 54.4 Å². The molecule has 8 rings (SSSR count). The van der Waals surface area contributed by atoms with Crippen LogP contribution in [0.5, 0.6) is 0 Å². The van der Waals surface area contributed by atoms with Gasteiger partial charge in [-0.1, -0.05) is 99.7 Å². The summed E-state index contributed by atoms with van der Waals surface area (Å²) < 4.78 is 40.0. The first kappa shape index (κ1) is 35.9. The Labute approximate surface area is 305 Å². The number of aromatic amines is 1. The summed E-state index contributed by atoms with van der Waals surface area (Å²) in [5.41, 5.74) is 3.51. The van der Waals surface area contributed by atoms with Crippen molar-refractivity contribution in [2.45, 2.75) is 68.6 Å². The van der Waals surface area contributed by atoms with Gasteiger partial charge in [0.1, 0.15) is 0 Å². The molecule has 6 aromatic rings. The van der Waals surface area contributed by atoms with Gasteiger partial charge in [-0.05, 0) is 61.6 Å². The van der Waals surface area contributed by atoms with Crippen molar-refractivity contribution in [2.24, 2.45) is 0 Å². The van der Waals surface area contributed by atoms with Crippen LogP contribution in [0, 0.1) is 0 Å². The van der Waals surface area contributed by atoms with Crippen molar-refractivity contribution in [3.63, 3.8) is 0 Å². The Balaban J connectivity index is 0.000000194. The maximum atomic E-state index is 13.5. The van der Waals surface area contributed by atoms with Crippen LogP contribution in [0.1, 0.15) is 85.2 Å². The molecule has 2 fully saturated rings. The fourth-order valence-corrected chi connectivity index (χ4v) is 8.15. The van der Waals surface area contributed by atoms with Crippen molar-refractivity contribution in [1.82, 2.24) is 39.9 Å². The molecule has 0 amide bonds. The number of piperidine rings is 2. The largest absolute Gasteiger partial charge is 0.339 e. The number of H-pyrrole nitrogens is 1. The summed E-state index contributed by atoms with van der Waals surface area (Å²) in [4.78, 5) is 16.3. The second-order valence-electron chi connectivity index (χ2n) is 12.3. The van der Waals surface area contributed by atoms with Gasteiger partial charge in [-0.25, -0.2) is 13.4 Å².